The number of benzene rings is 1. The highest BCUT2D eigenvalue weighted by molar-refractivity contribution is 7.71. The highest BCUT2D eigenvalue weighted by atomic mass is 32.1. The number of aromatic amines is 1. The van der Waals surface area contributed by atoms with Crippen molar-refractivity contribution < 1.29 is 9.15 Å². The van der Waals surface area contributed by atoms with Gasteiger partial charge in [0, 0.05) is 5.56 Å². The van der Waals surface area contributed by atoms with E-state index in [1.165, 1.54) is 0 Å². The number of nitrogens with zero attached hydrogens (tertiary/aromatic N) is 3. The quantitative estimate of drug-likeness (QED) is 0.578. The molecule has 3 aromatic rings. The van der Waals surface area contributed by atoms with Crippen molar-refractivity contribution in [2.75, 3.05) is 6.61 Å². The topological polar surface area (TPSA) is 68.3 Å². The largest absolute Gasteiger partial charge is 0.494 e. The molecule has 0 saturated heterocycles. The molecule has 0 aliphatic carbocycles. The average Bonchev–Trinajstić information content (AvgIpc) is 3.16. The van der Waals surface area contributed by atoms with Crippen molar-refractivity contribution in [2.24, 2.45) is 5.10 Å². The smallest absolute Gasteiger partial charge is 0.216 e. The van der Waals surface area contributed by atoms with Crippen LogP contribution < -0.4 is 4.74 Å². The van der Waals surface area contributed by atoms with Crippen LogP contribution in [0.15, 0.2) is 52.2 Å². The second-order valence-electron chi connectivity index (χ2n) is 4.38. The molecule has 0 atom stereocenters. The number of hydrogen-bond donors (Lipinski definition) is 1. The summed E-state index contributed by atoms with van der Waals surface area (Å²) in [5.41, 5.74) is 0.882. The fourth-order valence-electron chi connectivity index (χ4n) is 1.93. The van der Waals surface area contributed by atoms with Crippen molar-refractivity contribution in [1.29, 1.82) is 0 Å². The first-order valence-electron chi connectivity index (χ1n) is 6.76. The third-order valence-corrected chi connectivity index (χ3v) is 3.18. The van der Waals surface area contributed by atoms with Gasteiger partial charge in [0.25, 0.3) is 0 Å². The van der Waals surface area contributed by atoms with E-state index < -0.39 is 0 Å². The molecule has 112 valence electrons. The van der Waals surface area contributed by atoms with Crippen LogP contribution in [0.4, 0.5) is 0 Å². The summed E-state index contributed by atoms with van der Waals surface area (Å²) in [7, 11) is 0. The van der Waals surface area contributed by atoms with Crippen molar-refractivity contribution in [3.05, 3.63) is 53.2 Å². The average molecular weight is 314 g/mol. The summed E-state index contributed by atoms with van der Waals surface area (Å²) in [6.07, 6.45) is 3.17. The summed E-state index contributed by atoms with van der Waals surface area (Å²) in [4.78, 5) is 0. The molecule has 0 aliphatic heterocycles. The zero-order valence-corrected chi connectivity index (χ0v) is 12.7. The first-order valence-corrected chi connectivity index (χ1v) is 7.17. The van der Waals surface area contributed by atoms with Crippen molar-refractivity contribution in [1.82, 2.24) is 14.9 Å². The highest BCUT2D eigenvalue weighted by Crippen LogP contribution is 2.21. The van der Waals surface area contributed by atoms with Gasteiger partial charge in [-0.05, 0) is 55.5 Å². The minimum atomic E-state index is 0.409. The Bertz CT molecular complexity index is 816. The number of ether oxygens (including phenoxy) is 1. The van der Waals surface area contributed by atoms with Crippen molar-refractivity contribution in [2.45, 2.75) is 6.92 Å². The fourth-order valence-corrected chi connectivity index (χ4v) is 2.11. The Morgan fingerprint density at radius 3 is 2.86 bits per heavy atom. The molecule has 0 aliphatic rings. The van der Waals surface area contributed by atoms with Gasteiger partial charge in [0.1, 0.15) is 11.5 Å². The van der Waals surface area contributed by atoms with Crippen LogP contribution in [0.25, 0.3) is 11.4 Å². The van der Waals surface area contributed by atoms with Crippen LogP contribution in [0.2, 0.25) is 0 Å². The predicted octanol–water partition coefficient (Wildman–Crippen LogP) is 3.48. The number of hydrogen-bond acceptors (Lipinski definition) is 5. The van der Waals surface area contributed by atoms with Crippen LogP contribution in [0, 0.1) is 4.77 Å². The normalized spacial score (nSPS) is 11.1. The van der Waals surface area contributed by atoms with Gasteiger partial charge in [0.15, 0.2) is 5.82 Å². The van der Waals surface area contributed by atoms with Crippen LogP contribution in [-0.4, -0.2) is 27.7 Å². The number of H-pyrrole nitrogens is 1. The van der Waals surface area contributed by atoms with Crippen molar-refractivity contribution >= 4 is 18.4 Å². The zero-order valence-electron chi connectivity index (χ0n) is 11.9. The molecule has 7 heteroatoms. The monoisotopic (exact) mass is 314 g/mol. The lowest BCUT2D eigenvalue weighted by Gasteiger charge is -2.04. The Hall–Kier alpha value is -2.67. The lowest BCUT2D eigenvalue weighted by Crippen LogP contribution is -1.95. The first-order chi connectivity index (χ1) is 10.8. The fraction of sp³-hybridized carbons (Fsp3) is 0.133. The molecule has 2 heterocycles. The van der Waals surface area contributed by atoms with Gasteiger partial charge in [0.05, 0.1) is 19.1 Å². The number of furan rings is 1. The van der Waals surface area contributed by atoms with E-state index in [2.05, 4.69) is 15.3 Å². The summed E-state index contributed by atoms with van der Waals surface area (Å²) < 4.78 is 12.6. The molecule has 0 bridgehead atoms. The Morgan fingerprint density at radius 1 is 1.36 bits per heavy atom. The van der Waals surface area contributed by atoms with Gasteiger partial charge in [0.2, 0.25) is 4.77 Å². The van der Waals surface area contributed by atoms with Gasteiger partial charge in [-0.2, -0.15) is 14.9 Å². The van der Waals surface area contributed by atoms with Crippen LogP contribution in [0.1, 0.15) is 12.7 Å². The Morgan fingerprint density at radius 2 is 2.18 bits per heavy atom. The van der Waals surface area contributed by atoms with Gasteiger partial charge in [-0.15, -0.1) is 0 Å². The number of aromatic nitrogens is 3. The summed E-state index contributed by atoms with van der Waals surface area (Å²) >= 11 is 5.21. The van der Waals surface area contributed by atoms with E-state index >= 15 is 0 Å². The maximum atomic E-state index is 5.43. The van der Waals surface area contributed by atoms with Crippen LogP contribution in [0.3, 0.4) is 0 Å². The minimum absolute atomic E-state index is 0.409. The summed E-state index contributed by atoms with van der Waals surface area (Å²) in [6, 6.07) is 11.2. The van der Waals surface area contributed by atoms with E-state index in [0.717, 1.165) is 11.3 Å². The third kappa shape index (κ3) is 2.99. The van der Waals surface area contributed by atoms with E-state index in [4.69, 9.17) is 21.4 Å². The van der Waals surface area contributed by atoms with Crippen molar-refractivity contribution in [3.63, 3.8) is 0 Å². The van der Waals surface area contributed by atoms with Crippen LogP contribution >= 0.6 is 12.2 Å². The Kier molecular flexibility index (Phi) is 4.15. The maximum Gasteiger partial charge on any atom is 0.216 e. The molecular formula is C15H14N4O2S. The Balaban J connectivity index is 1.93. The van der Waals surface area contributed by atoms with Crippen LogP contribution in [0.5, 0.6) is 5.75 Å². The van der Waals surface area contributed by atoms with E-state index in [-0.39, 0.29) is 0 Å². The number of rotatable bonds is 5. The lowest BCUT2D eigenvalue weighted by molar-refractivity contribution is 0.340. The molecule has 0 saturated carbocycles. The zero-order chi connectivity index (χ0) is 15.4. The predicted molar refractivity (Wildman–Crippen MR) is 85.7 cm³/mol. The van der Waals surface area contributed by atoms with Gasteiger partial charge < -0.3 is 9.15 Å². The molecule has 6 nitrogen and oxygen atoms in total. The molecule has 1 N–H and O–H groups in total. The molecule has 3 rings (SSSR count). The van der Waals surface area contributed by atoms with Gasteiger partial charge >= 0.3 is 0 Å². The molecule has 0 fully saturated rings. The molecule has 1 aromatic carbocycles. The molecule has 0 amide bonds. The maximum absolute atomic E-state index is 5.43. The molecule has 0 unspecified atom stereocenters. The molecule has 22 heavy (non-hydrogen) atoms. The second kappa shape index (κ2) is 6.40. The molecule has 2 aromatic heterocycles. The summed E-state index contributed by atoms with van der Waals surface area (Å²) in [5, 5.41) is 11.3. The molecule has 0 radical (unpaired) electrons. The van der Waals surface area contributed by atoms with E-state index in [1.807, 2.05) is 37.3 Å². The third-order valence-electron chi connectivity index (χ3n) is 2.92. The van der Waals surface area contributed by atoms with E-state index in [9.17, 15) is 0 Å². The van der Waals surface area contributed by atoms with Gasteiger partial charge in [-0.1, -0.05) is 0 Å². The van der Waals surface area contributed by atoms with Crippen LogP contribution in [-0.2, 0) is 0 Å². The minimum Gasteiger partial charge on any atom is -0.494 e. The molecular weight excluding hydrogens is 300 g/mol. The van der Waals surface area contributed by atoms with Crippen molar-refractivity contribution in [3.8, 4) is 17.1 Å². The first kappa shape index (κ1) is 14.3. The highest BCUT2D eigenvalue weighted by Gasteiger charge is 2.08. The lowest BCUT2D eigenvalue weighted by atomic mass is 10.2. The number of nitrogens with one attached hydrogen (secondary N) is 1. The standard InChI is InChI=1S/C15H14N4O2S/c1-2-20-12-7-5-11(6-8-12)14-17-18-15(22)19(14)16-10-13-4-3-9-21-13/h3-10H,2H2,1H3,(H,18,22). The van der Waals surface area contributed by atoms with E-state index in [1.54, 1.807) is 23.2 Å². The second-order valence-corrected chi connectivity index (χ2v) is 4.77. The van der Waals surface area contributed by atoms with Gasteiger partial charge in [-0.25, -0.2) is 5.10 Å². The Labute approximate surface area is 132 Å². The summed E-state index contributed by atoms with van der Waals surface area (Å²) in [5.74, 6) is 2.07. The van der Waals surface area contributed by atoms with Gasteiger partial charge in [-0.3, -0.25) is 0 Å². The summed E-state index contributed by atoms with van der Waals surface area (Å²) in [6.45, 7) is 2.58. The molecule has 0 spiro atoms. The SMILES string of the molecule is CCOc1ccc(-c2n[nH]c(=S)n2N=Cc2ccco2)cc1. The van der Waals surface area contributed by atoms with E-state index in [0.29, 0.717) is 23.0 Å².